The van der Waals surface area contributed by atoms with Crippen molar-refractivity contribution in [3.63, 3.8) is 0 Å². The summed E-state index contributed by atoms with van der Waals surface area (Å²) in [6.07, 6.45) is 1.49. The predicted molar refractivity (Wildman–Crippen MR) is 93.0 cm³/mol. The zero-order chi connectivity index (χ0) is 18.4. The number of ether oxygens (including phenoxy) is 3. The number of hydrogen-bond donors (Lipinski definition) is 1. The molecule has 7 nitrogen and oxygen atoms in total. The van der Waals surface area contributed by atoms with E-state index >= 15 is 0 Å². The number of carbonyl (C=O) groups is 3. The van der Waals surface area contributed by atoms with Gasteiger partial charge in [0.25, 0.3) is 5.91 Å². The Hall–Kier alpha value is -1.93. The van der Waals surface area contributed by atoms with Crippen molar-refractivity contribution in [2.24, 2.45) is 0 Å². The highest BCUT2D eigenvalue weighted by Gasteiger charge is 2.27. The average molecular weight is 369 g/mol. The molecule has 2 rings (SSSR count). The van der Waals surface area contributed by atoms with Crippen LogP contribution in [-0.4, -0.2) is 43.8 Å². The minimum atomic E-state index is -0.585. The molecule has 0 aromatic carbocycles. The van der Waals surface area contributed by atoms with Crippen LogP contribution in [0, 0.1) is 6.92 Å². The highest BCUT2D eigenvalue weighted by atomic mass is 32.1. The lowest BCUT2D eigenvalue weighted by Crippen LogP contribution is -2.27. The molecule has 1 aromatic heterocycles. The fraction of sp³-hybridized carbons (Fsp3) is 0.588. The van der Waals surface area contributed by atoms with Gasteiger partial charge in [-0.1, -0.05) is 6.92 Å². The number of thiophene rings is 1. The molecule has 1 amide bonds. The molecule has 1 fully saturated rings. The van der Waals surface area contributed by atoms with Crippen LogP contribution in [0.15, 0.2) is 0 Å². The van der Waals surface area contributed by atoms with Crippen molar-refractivity contribution in [2.45, 2.75) is 46.1 Å². The number of amides is 1. The molecule has 0 bridgehead atoms. The van der Waals surface area contributed by atoms with Crippen LogP contribution >= 0.6 is 11.3 Å². The summed E-state index contributed by atoms with van der Waals surface area (Å²) in [6.45, 7) is 5.92. The highest BCUT2D eigenvalue weighted by Crippen LogP contribution is 2.34. The normalized spacial score (nSPS) is 16.5. The molecule has 25 heavy (non-hydrogen) atoms. The van der Waals surface area contributed by atoms with Crippen molar-refractivity contribution in [1.82, 2.24) is 0 Å². The molecule has 0 aliphatic carbocycles. The minimum Gasteiger partial charge on any atom is -0.462 e. The topological polar surface area (TPSA) is 90.9 Å². The molecule has 0 saturated carbocycles. The van der Waals surface area contributed by atoms with E-state index in [-0.39, 0.29) is 6.61 Å². The van der Waals surface area contributed by atoms with Crippen molar-refractivity contribution >= 4 is 34.2 Å². The third-order valence-corrected chi connectivity index (χ3v) is 4.90. The van der Waals surface area contributed by atoms with Crippen molar-refractivity contribution in [2.75, 3.05) is 25.1 Å². The van der Waals surface area contributed by atoms with Gasteiger partial charge in [0.2, 0.25) is 0 Å². The summed E-state index contributed by atoms with van der Waals surface area (Å²) in [5.74, 6) is -1.49. The maximum Gasteiger partial charge on any atom is 0.341 e. The van der Waals surface area contributed by atoms with E-state index in [1.165, 1.54) is 11.3 Å². The summed E-state index contributed by atoms with van der Waals surface area (Å²) in [5, 5.41) is 3.07. The Kier molecular flexibility index (Phi) is 6.95. The van der Waals surface area contributed by atoms with Crippen LogP contribution in [0.3, 0.4) is 0 Å². The quantitative estimate of drug-likeness (QED) is 0.743. The molecule has 1 aliphatic heterocycles. The molecule has 138 valence electrons. The first-order chi connectivity index (χ1) is 12.0. The van der Waals surface area contributed by atoms with Crippen molar-refractivity contribution < 1.29 is 28.6 Å². The van der Waals surface area contributed by atoms with Gasteiger partial charge < -0.3 is 19.5 Å². The van der Waals surface area contributed by atoms with Gasteiger partial charge in [-0.15, -0.1) is 11.3 Å². The Balaban J connectivity index is 2.02. The van der Waals surface area contributed by atoms with E-state index in [9.17, 15) is 14.4 Å². The number of hydrogen-bond acceptors (Lipinski definition) is 7. The summed E-state index contributed by atoms with van der Waals surface area (Å²) >= 11 is 1.31. The van der Waals surface area contributed by atoms with Crippen LogP contribution in [0.2, 0.25) is 0 Å². The Morgan fingerprint density at radius 3 is 2.64 bits per heavy atom. The maximum absolute atomic E-state index is 12.2. The number of anilines is 1. The highest BCUT2D eigenvalue weighted by molar-refractivity contribution is 7.16. The Labute approximate surface area is 150 Å². The lowest BCUT2D eigenvalue weighted by atomic mass is 10.1. The van der Waals surface area contributed by atoms with Gasteiger partial charge in [0.05, 0.1) is 12.2 Å². The summed E-state index contributed by atoms with van der Waals surface area (Å²) < 4.78 is 15.3. The van der Waals surface area contributed by atoms with E-state index < -0.39 is 30.6 Å². The summed E-state index contributed by atoms with van der Waals surface area (Å²) in [4.78, 5) is 37.0. The summed E-state index contributed by atoms with van der Waals surface area (Å²) in [5.41, 5.74) is 1.24. The SMILES string of the molecule is CCOC(=O)c1c(NC(=O)COC(=O)[C@@H]2CCCO2)sc(C)c1CC. The second kappa shape index (κ2) is 8.96. The van der Waals surface area contributed by atoms with Crippen molar-refractivity contribution in [1.29, 1.82) is 0 Å². The van der Waals surface area contributed by atoms with Crippen LogP contribution in [0.5, 0.6) is 0 Å². The molecule has 1 atom stereocenters. The predicted octanol–water partition coefficient (Wildman–Crippen LogP) is 2.46. The first-order valence-corrected chi connectivity index (χ1v) is 9.17. The monoisotopic (exact) mass is 369 g/mol. The zero-order valence-electron chi connectivity index (χ0n) is 14.7. The summed E-state index contributed by atoms with van der Waals surface area (Å²) in [7, 11) is 0. The van der Waals surface area contributed by atoms with Gasteiger partial charge in [-0.2, -0.15) is 0 Å². The lowest BCUT2D eigenvalue weighted by molar-refractivity contribution is -0.156. The Morgan fingerprint density at radius 2 is 2.04 bits per heavy atom. The molecule has 8 heteroatoms. The van der Waals surface area contributed by atoms with E-state index in [4.69, 9.17) is 14.2 Å². The van der Waals surface area contributed by atoms with Gasteiger partial charge in [-0.3, -0.25) is 4.79 Å². The van der Waals surface area contributed by atoms with Gasteiger partial charge >= 0.3 is 11.9 Å². The average Bonchev–Trinajstić information content (AvgIpc) is 3.20. The van der Waals surface area contributed by atoms with Crippen molar-refractivity contribution in [3.8, 4) is 0 Å². The van der Waals surface area contributed by atoms with Gasteiger partial charge in [0, 0.05) is 11.5 Å². The molecule has 2 heterocycles. The van der Waals surface area contributed by atoms with E-state index in [0.717, 1.165) is 16.9 Å². The third-order valence-electron chi connectivity index (χ3n) is 3.83. The third kappa shape index (κ3) is 4.79. The van der Waals surface area contributed by atoms with Gasteiger partial charge in [0.1, 0.15) is 5.00 Å². The largest absolute Gasteiger partial charge is 0.462 e. The fourth-order valence-corrected chi connectivity index (χ4v) is 3.82. The van der Waals surface area contributed by atoms with Crippen LogP contribution in [0.25, 0.3) is 0 Å². The molecule has 1 aliphatic rings. The standard InChI is InChI=1S/C17H23NO6S/c1-4-11-10(3)25-15(14(11)17(21)22-5-2)18-13(19)9-24-16(20)12-7-6-8-23-12/h12H,4-9H2,1-3H3,(H,18,19)/t12-/m0/s1. The first kappa shape index (κ1) is 19.4. The molecule has 1 saturated heterocycles. The molecule has 0 spiro atoms. The second-order valence-electron chi connectivity index (χ2n) is 5.57. The van der Waals surface area contributed by atoms with Crippen LogP contribution < -0.4 is 5.32 Å². The Morgan fingerprint density at radius 1 is 1.28 bits per heavy atom. The van der Waals surface area contributed by atoms with Gasteiger partial charge in [0.15, 0.2) is 12.7 Å². The summed E-state index contributed by atoms with van der Waals surface area (Å²) in [6, 6.07) is 0. The number of nitrogens with one attached hydrogen (secondary N) is 1. The van der Waals surface area contributed by atoms with Gasteiger partial charge in [-0.25, -0.2) is 9.59 Å². The van der Waals surface area contributed by atoms with Crippen molar-refractivity contribution in [3.05, 3.63) is 16.0 Å². The molecule has 0 unspecified atom stereocenters. The maximum atomic E-state index is 12.2. The van der Waals surface area contributed by atoms with E-state index in [2.05, 4.69) is 5.32 Å². The zero-order valence-corrected chi connectivity index (χ0v) is 15.5. The number of rotatable bonds is 7. The molecular formula is C17H23NO6S. The molecule has 0 radical (unpaired) electrons. The first-order valence-electron chi connectivity index (χ1n) is 8.35. The van der Waals surface area contributed by atoms with Crippen LogP contribution in [0.1, 0.15) is 47.5 Å². The smallest absolute Gasteiger partial charge is 0.341 e. The van der Waals surface area contributed by atoms with Crippen LogP contribution in [-0.2, 0) is 30.2 Å². The van der Waals surface area contributed by atoms with Crippen LogP contribution in [0.4, 0.5) is 5.00 Å². The van der Waals surface area contributed by atoms with Gasteiger partial charge in [-0.05, 0) is 38.7 Å². The van der Waals surface area contributed by atoms with E-state index in [0.29, 0.717) is 30.0 Å². The number of aryl methyl sites for hydroxylation is 1. The van der Waals surface area contributed by atoms with E-state index in [1.54, 1.807) is 6.92 Å². The molecule has 1 aromatic rings. The minimum absolute atomic E-state index is 0.253. The molecular weight excluding hydrogens is 346 g/mol. The van der Waals surface area contributed by atoms with E-state index in [1.807, 2.05) is 13.8 Å². The fourth-order valence-electron chi connectivity index (χ4n) is 2.67. The lowest BCUT2D eigenvalue weighted by Gasteiger charge is -2.10. The second-order valence-corrected chi connectivity index (χ2v) is 6.80. The Bertz CT molecular complexity index is 648. The number of esters is 2. The number of carbonyl (C=O) groups excluding carboxylic acids is 3. The molecule has 1 N–H and O–H groups in total.